The van der Waals surface area contributed by atoms with Crippen molar-refractivity contribution in [3.05, 3.63) is 69.8 Å². The Morgan fingerprint density at radius 1 is 1.24 bits per heavy atom. The third kappa shape index (κ3) is 4.80. The smallest absolute Gasteiger partial charge is 0.283 e. The lowest BCUT2D eigenvalue weighted by Crippen LogP contribution is -2.34. The normalized spacial score (nSPS) is 12.0. The second-order valence-electron chi connectivity index (χ2n) is 5.74. The van der Waals surface area contributed by atoms with Crippen LogP contribution in [0.2, 0.25) is 0 Å². The van der Waals surface area contributed by atoms with Gasteiger partial charge in [-0.1, -0.05) is 30.3 Å². The number of nitrogens with zero attached hydrogens (tertiary/aromatic N) is 2. The van der Waals surface area contributed by atoms with Gasteiger partial charge in [-0.05, 0) is 38.0 Å². The molecule has 0 saturated carbocycles. The first-order chi connectivity index (χ1) is 11.9. The molecule has 0 radical (unpaired) electrons. The number of thioether (sulfide) groups is 1. The minimum Gasteiger partial charge on any atom is -0.350 e. The van der Waals surface area contributed by atoms with Gasteiger partial charge >= 0.3 is 0 Å². The summed E-state index contributed by atoms with van der Waals surface area (Å²) >= 11 is 1.28. The molecule has 1 unspecified atom stereocenters. The summed E-state index contributed by atoms with van der Waals surface area (Å²) < 4.78 is 0. The molecule has 132 valence electrons. The molecule has 0 aromatic heterocycles. The Kier molecular flexibility index (Phi) is 6.55. The number of hydrogen-bond acceptors (Lipinski definition) is 5. The van der Waals surface area contributed by atoms with Crippen molar-refractivity contribution in [1.29, 1.82) is 0 Å². The highest BCUT2D eigenvalue weighted by atomic mass is 32.2. The second-order valence-corrected chi connectivity index (χ2v) is 6.59. The van der Waals surface area contributed by atoms with E-state index in [1.807, 2.05) is 49.3 Å². The summed E-state index contributed by atoms with van der Waals surface area (Å²) in [6.45, 7) is 0.411. The topological polar surface area (TPSA) is 75.5 Å². The molecule has 1 N–H and O–H groups in total. The first-order valence-corrected chi connectivity index (χ1v) is 8.98. The molecule has 1 amide bonds. The molecule has 0 bridgehead atoms. The van der Waals surface area contributed by atoms with Crippen LogP contribution < -0.4 is 5.32 Å². The fourth-order valence-corrected chi connectivity index (χ4v) is 3.09. The van der Waals surface area contributed by atoms with Crippen molar-refractivity contribution in [2.45, 2.75) is 10.9 Å². The number of benzene rings is 2. The molecule has 7 heteroatoms. The first kappa shape index (κ1) is 19.0. The van der Waals surface area contributed by atoms with Crippen molar-refractivity contribution in [3.8, 4) is 0 Å². The van der Waals surface area contributed by atoms with Crippen LogP contribution in [0.4, 0.5) is 5.69 Å². The lowest BCUT2D eigenvalue weighted by atomic mass is 10.1. The molecule has 0 heterocycles. The van der Waals surface area contributed by atoms with Gasteiger partial charge in [0, 0.05) is 18.2 Å². The molecule has 2 rings (SSSR count). The second kappa shape index (κ2) is 8.64. The Balaban J connectivity index is 2.13. The summed E-state index contributed by atoms with van der Waals surface area (Å²) in [5.41, 5.74) is 1.33. The van der Waals surface area contributed by atoms with E-state index in [-0.39, 0.29) is 23.2 Å². The fraction of sp³-hybridized carbons (Fsp3) is 0.278. The van der Waals surface area contributed by atoms with E-state index in [1.54, 1.807) is 18.4 Å². The Morgan fingerprint density at radius 2 is 1.92 bits per heavy atom. The molecule has 0 aliphatic heterocycles. The van der Waals surface area contributed by atoms with Crippen LogP contribution in [0.15, 0.2) is 53.4 Å². The molecule has 0 spiro atoms. The van der Waals surface area contributed by atoms with Gasteiger partial charge in [-0.25, -0.2) is 0 Å². The monoisotopic (exact) mass is 359 g/mol. The molecule has 2 aromatic carbocycles. The minimum absolute atomic E-state index is 0.0191. The van der Waals surface area contributed by atoms with Gasteiger partial charge < -0.3 is 10.2 Å². The molecule has 0 aliphatic rings. The third-order valence-corrected chi connectivity index (χ3v) is 4.69. The van der Waals surface area contributed by atoms with Crippen molar-refractivity contribution in [1.82, 2.24) is 10.2 Å². The van der Waals surface area contributed by atoms with Crippen molar-refractivity contribution >= 4 is 23.4 Å². The molecule has 25 heavy (non-hydrogen) atoms. The highest BCUT2D eigenvalue weighted by Gasteiger charge is 2.19. The molecule has 6 nitrogen and oxygen atoms in total. The van der Waals surface area contributed by atoms with E-state index in [1.165, 1.54) is 17.8 Å². The highest BCUT2D eigenvalue weighted by molar-refractivity contribution is 7.98. The van der Waals surface area contributed by atoms with Crippen LogP contribution in [0.5, 0.6) is 0 Å². The Bertz CT molecular complexity index is 750. The number of nitro groups is 1. The van der Waals surface area contributed by atoms with Gasteiger partial charge in [-0.2, -0.15) is 0 Å². The van der Waals surface area contributed by atoms with Gasteiger partial charge in [0.2, 0.25) is 0 Å². The van der Waals surface area contributed by atoms with Crippen molar-refractivity contribution in [2.24, 2.45) is 0 Å². The van der Waals surface area contributed by atoms with E-state index in [0.29, 0.717) is 11.4 Å². The van der Waals surface area contributed by atoms with Crippen LogP contribution in [-0.4, -0.2) is 42.6 Å². The Morgan fingerprint density at radius 3 is 2.48 bits per heavy atom. The number of carbonyl (C=O) groups is 1. The number of nitrogens with one attached hydrogen (secondary N) is 1. The number of nitro benzene ring substituents is 1. The van der Waals surface area contributed by atoms with Gasteiger partial charge in [0.05, 0.1) is 15.9 Å². The number of amides is 1. The molecule has 2 aromatic rings. The van der Waals surface area contributed by atoms with E-state index in [0.717, 1.165) is 5.56 Å². The first-order valence-electron chi connectivity index (χ1n) is 7.76. The predicted molar refractivity (Wildman–Crippen MR) is 100 cm³/mol. The van der Waals surface area contributed by atoms with Gasteiger partial charge in [0.1, 0.15) is 0 Å². The highest BCUT2D eigenvalue weighted by Crippen LogP contribution is 2.28. The minimum atomic E-state index is -0.463. The third-order valence-electron chi connectivity index (χ3n) is 3.90. The number of hydrogen-bond donors (Lipinski definition) is 1. The summed E-state index contributed by atoms with van der Waals surface area (Å²) in [6, 6.07) is 14.4. The Hall–Kier alpha value is -2.38. The fourth-order valence-electron chi connectivity index (χ4n) is 2.54. The van der Waals surface area contributed by atoms with Crippen LogP contribution in [0.3, 0.4) is 0 Å². The zero-order valence-electron chi connectivity index (χ0n) is 14.4. The SMILES string of the molecule is CSc1ccc(C(=O)NCC(c2ccccc2)N(C)C)cc1[N+](=O)[O-]. The number of rotatable bonds is 7. The van der Waals surface area contributed by atoms with E-state index in [2.05, 4.69) is 5.32 Å². The standard InChI is InChI=1S/C18H21N3O3S/c1-20(2)16(13-7-5-4-6-8-13)12-19-18(22)14-9-10-17(25-3)15(11-14)21(23)24/h4-11,16H,12H2,1-3H3,(H,19,22). The average molecular weight is 359 g/mol. The summed E-state index contributed by atoms with van der Waals surface area (Å²) in [7, 11) is 3.89. The molecular formula is C18H21N3O3S. The van der Waals surface area contributed by atoms with Crippen molar-refractivity contribution in [3.63, 3.8) is 0 Å². The zero-order chi connectivity index (χ0) is 18.4. The van der Waals surface area contributed by atoms with Crippen molar-refractivity contribution in [2.75, 3.05) is 26.9 Å². The molecule has 0 saturated heterocycles. The summed E-state index contributed by atoms with van der Waals surface area (Å²) in [4.78, 5) is 25.7. The molecular weight excluding hydrogens is 338 g/mol. The van der Waals surface area contributed by atoms with Crippen LogP contribution in [0.25, 0.3) is 0 Å². The molecule has 1 atom stereocenters. The Labute approximate surface area is 151 Å². The van der Waals surface area contributed by atoms with Crippen LogP contribution >= 0.6 is 11.8 Å². The maximum absolute atomic E-state index is 12.4. The van der Waals surface area contributed by atoms with Gasteiger partial charge in [0.15, 0.2) is 0 Å². The summed E-state index contributed by atoms with van der Waals surface area (Å²) in [6.07, 6.45) is 1.77. The average Bonchev–Trinajstić information content (AvgIpc) is 2.61. The quantitative estimate of drug-likeness (QED) is 0.466. The molecule has 0 aliphatic carbocycles. The van der Waals surface area contributed by atoms with Crippen LogP contribution in [-0.2, 0) is 0 Å². The van der Waals surface area contributed by atoms with E-state index < -0.39 is 4.92 Å². The maximum atomic E-state index is 12.4. The van der Waals surface area contributed by atoms with Gasteiger partial charge in [0.25, 0.3) is 11.6 Å². The lowest BCUT2D eigenvalue weighted by Gasteiger charge is -2.25. The number of likely N-dealkylation sites (N-methyl/N-ethyl adjacent to an activating group) is 1. The summed E-state index contributed by atoms with van der Waals surface area (Å²) in [5.74, 6) is -0.321. The largest absolute Gasteiger partial charge is 0.350 e. The van der Waals surface area contributed by atoms with E-state index >= 15 is 0 Å². The van der Waals surface area contributed by atoms with Crippen LogP contribution in [0.1, 0.15) is 22.0 Å². The number of carbonyl (C=O) groups excluding carboxylic acids is 1. The molecule has 0 fully saturated rings. The van der Waals surface area contributed by atoms with Crippen molar-refractivity contribution < 1.29 is 9.72 Å². The van der Waals surface area contributed by atoms with Crippen LogP contribution in [0, 0.1) is 10.1 Å². The summed E-state index contributed by atoms with van der Waals surface area (Å²) in [5, 5.41) is 14.0. The predicted octanol–water partition coefficient (Wildman–Crippen LogP) is 3.35. The van der Waals surface area contributed by atoms with Gasteiger partial charge in [-0.15, -0.1) is 11.8 Å². The van der Waals surface area contributed by atoms with Gasteiger partial charge in [-0.3, -0.25) is 14.9 Å². The zero-order valence-corrected chi connectivity index (χ0v) is 15.2. The maximum Gasteiger partial charge on any atom is 0.283 e. The van der Waals surface area contributed by atoms with E-state index in [4.69, 9.17) is 0 Å². The van der Waals surface area contributed by atoms with E-state index in [9.17, 15) is 14.9 Å². The lowest BCUT2D eigenvalue weighted by molar-refractivity contribution is -0.387.